The van der Waals surface area contributed by atoms with Gasteiger partial charge in [-0.3, -0.25) is 9.10 Å². The number of benzene rings is 3. The number of nitrogens with one attached hydrogen (secondary N) is 1. The highest BCUT2D eigenvalue weighted by Crippen LogP contribution is 2.26. The number of sulfonamides is 1. The largest absolute Gasteiger partial charge is 0.318 e. The zero-order chi connectivity index (χ0) is 28.2. The summed E-state index contributed by atoms with van der Waals surface area (Å²) in [5, 5.41) is 4.08. The Labute approximate surface area is 232 Å². The van der Waals surface area contributed by atoms with Gasteiger partial charge in [-0.1, -0.05) is 17.7 Å². The van der Waals surface area contributed by atoms with Crippen molar-refractivity contribution in [3.05, 3.63) is 107 Å². The monoisotopic (exact) mass is 564 g/mol. The molecule has 0 aliphatic carbocycles. The molecule has 1 N–H and O–H groups in total. The third kappa shape index (κ3) is 6.40. The molecule has 0 bridgehead atoms. The van der Waals surface area contributed by atoms with Crippen LogP contribution < -0.4 is 9.73 Å². The fraction of sp³-hybridized carbons (Fsp3) is 0.172. The van der Waals surface area contributed by atoms with Gasteiger partial charge in [0.25, 0.3) is 15.9 Å². The Bertz CT molecular complexity index is 1600. The van der Waals surface area contributed by atoms with Crippen LogP contribution in [0.3, 0.4) is 0 Å². The van der Waals surface area contributed by atoms with Crippen molar-refractivity contribution in [3.8, 4) is 5.69 Å². The molecule has 0 aliphatic rings. The van der Waals surface area contributed by atoms with Crippen LogP contribution >= 0.6 is 11.8 Å². The third-order valence-corrected chi connectivity index (χ3v) is 8.74. The summed E-state index contributed by atoms with van der Waals surface area (Å²) in [4.78, 5) is 13.9. The molecule has 0 spiro atoms. The lowest BCUT2D eigenvalue weighted by atomic mass is 10.2. The van der Waals surface area contributed by atoms with Crippen molar-refractivity contribution < 1.29 is 17.6 Å². The fourth-order valence-electron chi connectivity index (χ4n) is 4.15. The lowest BCUT2D eigenvalue weighted by Crippen LogP contribution is -2.39. The van der Waals surface area contributed by atoms with Gasteiger partial charge in [0.05, 0.1) is 16.8 Å². The molecule has 0 saturated carbocycles. The third-order valence-electron chi connectivity index (χ3n) is 6.20. The first-order chi connectivity index (χ1) is 18.6. The molecule has 202 valence electrons. The molecule has 0 aliphatic heterocycles. The van der Waals surface area contributed by atoms with Crippen molar-refractivity contribution in [3.63, 3.8) is 0 Å². The maximum Gasteiger partial charge on any atom is 0.264 e. The summed E-state index contributed by atoms with van der Waals surface area (Å²) in [6.07, 6.45) is 3.42. The van der Waals surface area contributed by atoms with Gasteiger partial charge in [-0.15, -0.1) is 11.8 Å². The molecule has 4 rings (SSSR count). The van der Waals surface area contributed by atoms with Crippen LogP contribution in [0.5, 0.6) is 0 Å². The molecule has 0 saturated heterocycles. The van der Waals surface area contributed by atoms with E-state index in [1.807, 2.05) is 37.7 Å². The van der Waals surface area contributed by atoms with Crippen molar-refractivity contribution in [2.24, 2.45) is 5.10 Å². The van der Waals surface area contributed by atoms with Gasteiger partial charge in [0.1, 0.15) is 12.4 Å². The van der Waals surface area contributed by atoms with E-state index >= 15 is 0 Å². The van der Waals surface area contributed by atoms with Crippen molar-refractivity contribution in [1.82, 2.24) is 9.99 Å². The number of aryl methyl sites for hydroxylation is 2. The molecular weight excluding hydrogens is 535 g/mol. The number of halogens is 1. The zero-order valence-corrected chi connectivity index (χ0v) is 23.7. The minimum Gasteiger partial charge on any atom is -0.318 e. The van der Waals surface area contributed by atoms with Gasteiger partial charge >= 0.3 is 0 Å². The predicted molar refractivity (Wildman–Crippen MR) is 155 cm³/mol. The molecular formula is C29H29FN4O3S2. The number of carbonyl (C=O) groups excluding carboxylic acids is 1. The van der Waals surface area contributed by atoms with Crippen molar-refractivity contribution in [1.29, 1.82) is 0 Å². The highest BCUT2D eigenvalue weighted by atomic mass is 32.2. The summed E-state index contributed by atoms with van der Waals surface area (Å²) >= 11 is 1.51. The number of carbonyl (C=O) groups is 1. The number of aromatic nitrogens is 1. The number of hydrogen-bond acceptors (Lipinski definition) is 5. The summed E-state index contributed by atoms with van der Waals surface area (Å²) in [6.45, 7) is 5.26. The van der Waals surface area contributed by atoms with Gasteiger partial charge in [0.2, 0.25) is 0 Å². The van der Waals surface area contributed by atoms with E-state index in [-0.39, 0.29) is 10.7 Å². The number of rotatable bonds is 9. The number of nitrogens with zero attached hydrogens (tertiary/aromatic N) is 3. The summed E-state index contributed by atoms with van der Waals surface area (Å²) < 4.78 is 43.5. The minimum atomic E-state index is -4.03. The Morgan fingerprint density at radius 3 is 2.26 bits per heavy atom. The summed E-state index contributed by atoms with van der Waals surface area (Å²) in [5.41, 5.74) is 7.12. The number of hydrazone groups is 1. The quantitative estimate of drug-likeness (QED) is 0.163. The Kier molecular flexibility index (Phi) is 8.57. The van der Waals surface area contributed by atoms with Gasteiger partial charge in [-0.2, -0.15) is 5.10 Å². The normalized spacial score (nSPS) is 11.6. The number of thioether (sulfide) groups is 1. The lowest BCUT2D eigenvalue weighted by molar-refractivity contribution is -0.119. The Morgan fingerprint density at radius 2 is 1.64 bits per heavy atom. The van der Waals surface area contributed by atoms with Crippen molar-refractivity contribution >= 4 is 39.6 Å². The van der Waals surface area contributed by atoms with Crippen molar-refractivity contribution in [2.45, 2.75) is 30.6 Å². The highest BCUT2D eigenvalue weighted by Gasteiger charge is 2.27. The summed E-state index contributed by atoms with van der Waals surface area (Å²) in [6, 6.07) is 21.5. The first-order valence-corrected chi connectivity index (χ1v) is 14.8. The second-order valence-electron chi connectivity index (χ2n) is 8.95. The van der Waals surface area contributed by atoms with Gasteiger partial charge in [0.15, 0.2) is 0 Å². The molecule has 39 heavy (non-hydrogen) atoms. The van der Waals surface area contributed by atoms with Crippen LogP contribution in [0.1, 0.15) is 22.5 Å². The van der Waals surface area contributed by atoms with Crippen LogP contribution in [0.15, 0.2) is 93.8 Å². The van der Waals surface area contributed by atoms with Crippen LogP contribution in [0.25, 0.3) is 5.69 Å². The minimum absolute atomic E-state index is 0.0883. The van der Waals surface area contributed by atoms with E-state index in [0.717, 1.165) is 37.4 Å². The average Bonchev–Trinajstić information content (AvgIpc) is 3.21. The number of amides is 1. The summed E-state index contributed by atoms with van der Waals surface area (Å²) in [5.74, 6) is -0.909. The highest BCUT2D eigenvalue weighted by molar-refractivity contribution is 7.98. The van der Waals surface area contributed by atoms with Gasteiger partial charge in [-0.25, -0.2) is 18.2 Å². The van der Waals surface area contributed by atoms with Crippen LogP contribution in [-0.2, 0) is 14.8 Å². The van der Waals surface area contributed by atoms with Crippen LogP contribution in [-0.4, -0.2) is 37.9 Å². The van der Waals surface area contributed by atoms with Crippen LogP contribution in [0.2, 0.25) is 0 Å². The SMILES string of the molecule is CSc1ccc(S(=O)(=O)N(CC(=O)N/N=C/c2cc(C)n(-c3ccc(F)cc3)c2C)c2ccc(C)cc2)cc1. The molecule has 1 amide bonds. The standard InChI is InChI=1S/C29H29FN4O3S2/c1-20-5-9-25(10-6-20)33(39(36,37)28-15-13-27(38-4)14-16-28)19-29(35)32-31-18-23-17-21(2)34(22(23)3)26-11-7-24(30)8-12-26/h5-18H,19H2,1-4H3,(H,32,35)/b31-18+. The molecule has 0 fully saturated rings. The smallest absolute Gasteiger partial charge is 0.264 e. The number of hydrogen-bond donors (Lipinski definition) is 1. The fourth-order valence-corrected chi connectivity index (χ4v) is 5.98. The predicted octanol–water partition coefficient (Wildman–Crippen LogP) is 5.61. The molecule has 10 heteroatoms. The van der Waals surface area contributed by atoms with Crippen molar-refractivity contribution in [2.75, 3.05) is 17.1 Å². The second-order valence-corrected chi connectivity index (χ2v) is 11.7. The van der Waals surface area contributed by atoms with Gasteiger partial charge in [0, 0.05) is 27.5 Å². The molecule has 7 nitrogen and oxygen atoms in total. The molecule has 0 unspecified atom stereocenters. The topological polar surface area (TPSA) is 83.8 Å². The van der Waals surface area contributed by atoms with Gasteiger partial charge in [-0.05, 0) is 93.8 Å². The maximum absolute atomic E-state index is 13.6. The first-order valence-electron chi connectivity index (χ1n) is 12.1. The molecule has 1 heterocycles. The van der Waals surface area contributed by atoms with E-state index in [1.54, 1.807) is 48.5 Å². The van der Waals surface area contributed by atoms with Crippen LogP contribution in [0.4, 0.5) is 10.1 Å². The first kappa shape index (κ1) is 28.1. The second kappa shape index (κ2) is 11.9. The van der Waals surface area contributed by atoms with E-state index in [0.29, 0.717) is 5.69 Å². The van der Waals surface area contributed by atoms with E-state index in [2.05, 4.69) is 10.5 Å². The maximum atomic E-state index is 13.6. The lowest BCUT2D eigenvalue weighted by Gasteiger charge is -2.24. The zero-order valence-electron chi connectivity index (χ0n) is 22.1. The molecule has 0 atom stereocenters. The Morgan fingerprint density at radius 1 is 1.00 bits per heavy atom. The van der Waals surface area contributed by atoms with Crippen LogP contribution in [0, 0.1) is 26.6 Å². The van der Waals surface area contributed by atoms with E-state index in [1.165, 1.54) is 42.2 Å². The molecule has 3 aromatic carbocycles. The molecule has 1 aromatic heterocycles. The van der Waals surface area contributed by atoms with E-state index in [9.17, 15) is 17.6 Å². The number of anilines is 1. The average molecular weight is 565 g/mol. The van der Waals surface area contributed by atoms with Gasteiger partial charge < -0.3 is 4.57 Å². The Balaban J connectivity index is 1.54. The molecule has 0 radical (unpaired) electrons. The summed E-state index contributed by atoms with van der Waals surface area (Å²) in [7, 11) is -4.03. The Hall–Kier alpha value is -3.89. The molecule has 4 aromatic rings. The van der Waals surface area contributed by atoms with E-state index in [4.69, 9.17) is 0 Å². The van der Waals surface area contributed by atoms with E-state index < -0.39 is 22.5 Å².